The van der Waals surface area contributed by atoms with Crippen molar-refractivity contribution in [2.45, 2.75) is 19.4 Å². The molecule has 1 amide bonds. The van der Waals surface area contributed by atoms with E-state index >= 15 is 0 Å². The molecule has 9 heteroatoms. The number of amides is 1. The van der Waals surface area contributed by atoms with E-state index in [0.29, 0.717) is 6.54 Å². The van der Waals surface area contributed by atoms with E-state index in [1.807, 2.05) is 0 Å². The number of allylic oxidation sites excluding steroid dienone is 1. The summed E-state index contributed by atoms with van der Waals surface area (Å²) in [7, 11) is -2.78. The van der Waals surface area contributed by atoms with E-state index in [2.05, 4.69) is 10.1 Å². The summed E-state index contributed by atoms with van der Waals surface area (Å²) in [5, 5.41) is 10.9. The zero-order valence-electron chi connectivity index (χ0n) is 10.1. The number of carbonyl (C=O) groups excluding carboxylic acids is 2. The highest BCUT2D eigenvalue weighted by atomic mass is 32.2. The molecule has 0 aromatic heterocycles. The smallest absolute Gasteiger partial charge is 0.308 e. The van der Waals surface area contributed by atoms with E-state index in [1.165, 1.54) is 5.48 Å². The van der Waals surface area contributed by atoms with E-state index < -0.39 is 39.2 Å². The van der Waals surface area contributed by atoms with Crippen molar-refractivity contribution in [1.82, 2.24) is 10.8 Å². The second kappa shape index (κ2) is 7.02. The Morgan fingerprint density at radius 1 is 1.42 bits per heavy atom. The predicted octanol–water partition coefficient (Wildman–Crippen LogP) is -1.40. The van der Waals surface area contributed by atoms with Crippen molar-refractivity contribution in [3.05, 3.63) is 12.2 Å². The number of hydrogen-bond donors (Lipinski definition) is 3. The lowest BCUT2D eigenvalue weighted by Crippen LogP contribution is -2.50. The lowest BCUT2D eigenvalue weighted by atomic mass is 9.97. The molecule has 0 bridgehead atoms. The molecule has 1 aliphatic rings. The molecule has 0 aromatic rings. The minimum Gasteiger partial charge on any atom is -0.414 e. The number of esters is 1. The monoisotopic (exact) mass is 290 g/mol. The Balaban J connectivity index is 3.14. The van der Waals surface area contributed by atoms with Gasteiger partial charge in [0.15, 0.2) is 0 Å². The Morgan fingerprint density at radius 2 is 2.11 bits per heavy atom. The number of rotatable bonds is 2. The van der Waals surface area contributed by atoms with Crippen LogP contribution in [-0.2, 0) is 24.6 Å². The summed E-state index contributed by atoms with van der Waals surface area (Å²) in [6, 6.07) is -1.02. The molecule has 0 aliphatic carbocycles. The number of carbonyl (C=O) groups is 2. The largest absolute Gasteiger partial charge is 0.414 e. The van der Waals surface area contributed by atoms with Gasteiger partial charge in [0.05, 0.1) is 5.92 Å². The van der Waals surface area contributed by atoms with Gasteiger partial charge in [0.25, 0.3) is 16.2 Å². The molecule has 2 unspecified atom stereocenters. The third-order valence-electron chi connectivity index (χ3n) is 2.52. The summed E-state index contributed by atoms with van der Waals surface area (Å²) >= 11 is 0. The highest BCUT2D eigenvalue weighted by Crippen LogP contribution is 2.16. The fourth-order valence-corrected chi connectivity index (χ4v) is 2.42. The van der Waals surface area contributed by atoms with Crippen molar-refractivity contribution in [1.29, 1.82) is 0 Å². The van der Waals surface area contributed by atoms with Gasteiger partial charge in [0.2, 0.25) is 5.05 Å². The molecule has 0 fully saturated rings. The van der Waals surface area contributed by atoms with Crippen molar-refractivity contribution in [3.8, 4) is 0 Å². The zero-order valence-corrected chi connectivity index (χ0v) is 10.9. The fourth-order valence-electron chi connectivity index (χ4n) is 1.75. The summed E-state index contributed by atoms with van der Waals surface area (Å²) in [4.78, 5) is 22.5. The van der Waals surface area contributed by atoms with Gasteiger partial charge >= 0.3 is 5.97 Å². The Labute approximate surface area is 110 Å². The van der Waals surface area contributed by atoms with Crippen molar-refractivity contribution >= 4 is 27.2 Å². The lowest BCUT2D eigenvalue weighted by Gasteiger charge is -2.22. The maximum absolute atomic E-state index is 11.5. The van der Waals surface area contributed by atoms with Crippen molar-refractivity contribution < 1.29 is 28.0 Å². The summed E-state index contributed by atoms with van der Waals surface area (Å²) in [5.41, 5.74) is 1.46. The molecule has 106 valence electrons. The molecular formula is C10H14N2O6S. The first kappa shape index (κ1) is 15.3. The van der Waals surface area contributed by atoms with Crippen molar-refractivity contribution in [2.75, 3.05) is 6.54 Å². The van der Waals surface area contributed by atoms with Gasteiger partial charge in [-0.15, -0.1) is 0 Å². The molecule has 0 spiro atoms. The third-order valence-corrected chi connectivity index (χ3v) is 3.23. The second-order valence-corrected chi connectivity index (χ2v) is 4.69. The van der Waals surface area contributed by atoms with Crippen LogP contribution in [0.25, 0.3) is 0 Å². The zero-order chi connectivity index (χ0) is 14.4. The molecule has 19 heavy (non-hydrogen) atoms. The Kier molecular flexibility index (Phi) is 5.67. The van der Waals surface area contributed by atoms with Gasteiger partial charge in [-0.25, -0.2) is 5.48 Å². The predicted molar refractivity (Wildman–Crippen MR) is 64.7 cm³/mol. The van der Waals surface area contributed by atoms with Crippen molar-refractivity contribution in [2.24, 2.45) is 5.92 Å². The molecule has 0 aromatic carbocycles. The van der Waals surface area contributed by atoms with Crippen LogP contribution in [0.4, 0.5) is 0 Å². The highest BCUT2D eigenvalue weighted by Gasteiger charge is 2.34. The Morgan fingerprint density at radius 3 is 2.63 bits per heavy atom. The maximum Gasteiger partial charge on any atom is 0.308 e. The normalized spacial score (nSPS) is 22.2. The number of hydrogen-bond acceptors (Lipinski definition) is 7. The average molecular weight is 290 g/mol. The average Bonchev–Trinajstić information content (AvgIpc) is 2.59. The quantitative estimate of drug-likeness (QED) is 0.188. The van der Waals surface area contributed by atoms with Crippen LogP contribution in [0.15, 0.2) is 12.2 Å². The molecule has 0 saturated heterocycles. The van der Waals surface area contributed by atoms with Crippen LogP contribution < -0.4 is 10.8 Å². The first-order chi connectivity index (χ1) is 8.97. The fraction of sp³-hybridized carbons (Fsp3) is 0.500. The van der Waals surface area contributed by atoms with Crippen LogP contribution in [0, 0.1) is 5.92 Å². The SMILES string of the molecule is CC(=O)OC(C1CC=CCNC1C(=O)NO)=S(=O)=O. The molecule has 8 nitrogen and oxygen atoms in total. The van der Waals surface area contributed by atoms with Crippen LogP contribution in [-0.4, -0.2) is 43.1 Å². The Bertz CT molecular complexity index is 516. The number of hydroxylamine groups is 1. The standard InChI is InChI=1S/C10H14N2O6S/c1-6(13)18-10(19(16)17)7-4-2-3-5-11-8(7)9(14)12-15/h2-3,7-8,11,15H,4-5H2,1H3,(H,12,14). The lowest BCUT2D eigenvalue weighted by molar-refractivity contribution is -0.135. The molecule has 0 saturated carbocycles. The molecule has 1 rings (SSSR count). The van der Waals surface area contributed by atoms with Gasteiger partial charge in [-0.05, 0) is 6.42 Å². The number of nitrogens with one attached hydrogen (secondary N) is 2. The molecule has 1 heterocycles. The minimum absolute atomic E-state index is 0.182. The van der Waals surface area contributed by atoms with Gasteiger partial charge in [-0.3, -0.25) is 14.8 Å². The van der Waals surface area contributed by atoms with Crippen LogP contribution in [0.3, 0.4) is 0 Å². The van der Waals surface area contributed by atoms with E-state index in [9.17, 15) is 18.0 Å². The van der Waals surface area contributed by atoms with Crippen LogP contribution in [0.2, 0.25) is 0 Å². The van der Waals surface area contributed by atoms with Gasteiger partial charge in [-0.2, -0.15) is 8.42 Å². The molecule has 0 radical (unpaired) electrons. The first-order valence-electron chi connectivity index (χ1n) is 5.44. The minimum atomic E-state index is -2.78. The van der Waals surface area contributed by atoms with Crippen LogP contribution >= 0.6 is 0 Å². The van der Waals surface area contributed by atoms with Gasteiger partial charge in [-0.1, -0.05) is 12.2 Å². The molecular weight excluding hydrogens is 276 g/mol. The van der Waals surface area contributed by atoms with E-state index in [4.69, 9.17) is 5.21 Å². The van der Waals surface area contributed by atoms with Gasteiger partial charge in [0.1, 0.15) is 6.04 Å². The molecule has 3 N–H and O–H groups in total. The molecule has 1 aliphatic heterocycles. The highest BCUT2D eigenvalue weighted by molar-refractivity contribution is 7.72. The van der Waals surface area contributed by atoms with Gasteiger partial charge < -0.3 is 10.1 Å². The topological polar surface area (TPSA) is 122 Å². The second-order valence-electron chi connectivity index (χ2n) is 3.82. The van der Waals surface area contributed by atoms with Gasteiger partial charge in [0, 0.05) is 13.5 Å². The van der Waals surface area contributed by atoms with E-state index in [1.54, 1.807) is 12.2 Å². The summed E-state index contributed by atoms with van der Waals surface area (Å²) in [6.45, 7) is 1.39. The summed E-state index contributed by atoms with van der Waals surface area (Å²) in [5.74, 6) is -2.51. The summed E-state index contributed by atoms with van der Waals surface area (Å²) < 4.78 is 26.9. The number of ether oxygens (including phenoxy) is 1. The Hall–Kier alpha value is -1.71. The first-order valence-corrected chi connectivity index (χ1v) is 6.51. The van der Waals surface area contributed by atoms with E-state index in [0.717, 1.165) is 6.92 Å². The summed E-state index contributed by atoms with van der Waals surface area (Å²) in [6.07, 6.45) is 3.55. The van der Waals surface area contributed by atoms with E-state index in [-0.39, 0.29) is 6.42 Å². The van der Waals surface area contributed by atoms with Crippen LogP contribution in [0.1, 0.15) is 13.3 Å². The van der Waals surface area contributed by atoms with Crippen LogP contribution in [0.5, 0.6) is 0 Å². The van der Waals surface area contributed by atoms with Crippen molar-refractivity contribution in [3.63, 3.8) is 0 Å². The maximum atomic E-state index is 11.5. The third kappa shape index (κ3) is 4.16. The molecule has 2 atom stereocenters.